The van der Waals surface area contributed by atoms with Crippen molar-refractivity contribution in [1.29, 1.82) is 0 Å². The standard InChI is InChI=1S/C19H30O3/c1-3-4-5-6-7-8-9-10-18(20)17-13-11-16(12-14-17)15(2)19(21)22/h11-15,18,20H,3-10H2,1-2H3,(H,21,22). The molecule has 3 nitrogen and oxygen atoms in total. The molecule has 0 fully saturated rings. The van der Waals surface area contributed by atoms with E-state index in [9.17, 15) is 9.90 Å². The summed E-state index contributed by atoms with van der Waals surface area (Å²) in [4.78, 5) is 10.9. The lowest BCUT2D eigenvalue weighted by Crippen LogP contribution is -2.07. The van der Waals surface area contributed by atoms with Gasteiger partial charge in [-0.3, -0.25) is 4.79 Å². The van der Waals surface area contributed by atoms with Gasteiger partial charge in [-0.2, -0.15) is 0 Å². The number of rotatable bonds is 11. The Morgan fingerprint density at radius 2 is 1.45 bits per heavy atom. The molecule has 0 aromatic heterocycles. The Hall–Kier alpha value is -1.35. The van der Waals surface area contributed by atoms with Crippen LogP contribution in [0.3, 0.4) is 0 Å². The van der Waals surface area contributed by atoms with Crippen molar-refractivity contribution in [3.63, 3.8) is 0 Å². The highest BCUT2D eigenvalue weighted by atomic mass is 16.4. The lowest BCUT2D eigenvalue weighted by Gasteiger charge is -2.13. The van der Waals surface area contributed by atoms with E-state index in [1.807, 2.05) is 24.3 Å². The third-order valence-electron chi connectivity index (χ3n) is 4.27. The molecule has 2 N–H and O–H groups in total. The topological polar surface area (TPSA) is 57.5 Å². The molecule has 124 valence electrons. The predicted molar refractivity (Wildman–Crippen MR) is 90.1 cm³/mol. The summed E-state index contributed by atoms with van der Waals surface area (Å²) in [7, 11) is 0. The first kappa shape index (κ1) is 18.7. The maximum Gasteiger partial charge on any atom is 0.310 e. The Morgan fingerprint density at radius 1 is 0.955 bits per heavy atom. The van der Waals surface area contributed by atoms with Gasteiger partial charge in [-0.25, -0.2) is 0 Å². The minimum absolute atomic E-state index is 0.440. The van der Waals surface area contributed by atoms with Crippen LogP contribution in [0.2, 0.25) is 0 Å². The number of benzene rings is 1. The molecule has 0 aliphatic carbocycles. The molecule has 0 saturated heterocycles. The third kappa shape index (κ3) is 6.61. The molecule has 0 spiro atoms. The van der Waals surface area contributed by atoms with Gasteiger partial charge in [0.1, 0.15) is 0 Å². The summed E-state index contributed by atoms with van der Waals surface area (Å²) in [6.07, 6.45) is 9.02. The van der Waals surface area contributed by atoms with Crippen molar-refractivity contribution in [2.45, 2.75) is 77.2 Å². The van der Waals surface area contributed by atoms with E-state index in [2.05, 4.69) is 6.92 Å². The number of aliphatic hydroxyl groups is 1. The van der Waals surface area contributed by atoms with Crippen molar-refractivity contribution in [2.24, 2.45) is 0 Å². The van der Waals surface area contributed by atoms with E-state index in [1.54, 1.807) is 6.92 Å². The zero-order chi connectivity index (χ0) is 16.4. The van der Waals surface area contributed by atoms with Gasteiger partial charge in [0.25, 0.3) is 0 Å². The first-order valence-electron chi connectivity index (χ1n) is 8.57. The number of unbranched alkanes of at least 4 members (excludes halogenated alkanes) is 6. The maximum absolute atomic E-state index is 10.9. The highest BCUT2D eigenvalue weighted by Crippen LogP contribution is 2.23. The predicted octanol–water partition coefficient (Wildman–Crippen LogP) is 5.05. The molecule has 2 atom stereocenters. The van der Waals surface area contributed by atoms with Gasteiger partial charge >= 0.3 is 5.97 Å². The van der Waals surface area contributed by atoms with Gasteiger partial charge < -0.3 is 10.2 Å². The molecule has 0 radical (unpaired) electrons. The summed E-state index contributed by atoms with van der Waals surface area (Å²) >= 11 is 0. The van der Waals surface area contributed by atoms with Crippen molar-refractivity contribution in [2.75, 3.05) is 0 Å². The molecule has 22 heavy (non-hydrogen) atoms. The fourth-order valence-electron chi connectivity index (χ4n) is 2.61. The second-order valence-corrected chi connectivity index (χ2v) is 6.15. The summed E-state index contributed by atoms with van der Waals surface area (Å²) < 4.78 is 0. The summed E-state index contributed by atoms with van der Waals surface area (Å²) in [6, 6.07) is 7.31. The molecule has 1 aromatic carbocycles. The van der Waals surface area contributed by atoms with E-state index >= 15 is 0 Å². The molecule has 0 bridgehead atoms. The Kier molecular flexibility index (Phi) is 8.83. The van der Waals surface area contributed by atoms with Gasteiger partial charge in [0.05, 0.1) is 12.0 Å². The van der Waals surface area contributed by atoms with Crippen LogP contribution in [0.25, 0.3) is 0 Å². The molecule has 0 aliphatic rings. The molecule has 3 heteroatoms. The van der Waals surface area contributed by atoms with Gasteiger partial charge in [-0.05, 0) is 24.5 Å². The lowest BCUT2D eigenvalue weighted by atomic mass is 9.97. The molecule has 0 aliphatic heterocycles. The van der Waals surface area contributed by atoms with Gasteiger partial charge in [-0.1, -0.05) is 76.1 Å². The molecule has 1 rings (SSSR count). The van der Waals surface area contributed by atoms with Crippen LogP contribution in [0, 0.1) is 0 Å². The number of aliphatic carboxylic acids is 1. The molecular formula is C19H30O3. The van der Waals surface area contributed by atoms with Crippen LogP contribution in [0.15, 0.2) is 24.3 Å². The van der Waals surface area contributed by atoms with Crippen LogP contribution < -0.4 is 0 Å². The maximum atomic E-state index is 10.9. The number of hydrogen-bond acceptors (Lipinski definition) is 2. The fourth-order valence-corrected chi connectivity index (χ4v) is 2.61. The van der Waals surface area contributed by atoms with E-state index in [4.69, 9.17) is 5.11 Å². The van der Waals surface area contributed by atoms with E-state index in [1.165, 1.54) is 38.5 Å². The molecule has 0 heterocycles. The van der Waals surface area contributed by atoms with Gasteiger partial charge in [0.15, 0.2) is 0 Å². The monoisotopic (exact) mass is 306 g/mol. The van der Waals surface area contributed by atoms with E-state index in [-0.39, 0.29) is 0 Å². The van der Waals surface area contributed by atoms with Crippen LogP contribution >= 0.6 is 0 Å². The third-order valence-corrected chi connectivity index (χ3v) is 4.27. The van der Waals surface area contributed by atoms with Crippen LogP contribution in [-0.2, 0) is 4.79 Å². The molecule has 0 saturated carbocycles. The summed E-state index contributed by atoms with van der Waals surface area (Å²) in [5.74, 6) is -1.33. The Labute approximate surface area is 134 Å². The number of carboxylic acids is 1. The average molecular weight is 306 g/mol. The zero-order valence-corrected chi connectivity index (χ0v) is 13.9. The Bertz CT molecular complexity index is 425. The largest absolute Gasteiger partial charge is 0.481 e. The number of hydrogen-bond donors (Lipinski definition) is 2. The van der Waals surface area contributed by atoms with Crippen LogP contribution in [-0.4, -0.2) is 16.2 Å². The van der Waals surface area contributed by atoms with Crippen molar-refractivity contribution in [1.82, 2.24) is 0 Å². The smallest absolute Gasteiger partial charge is 0.310 e. The minimum Gasteiger partial charge on any atom is -0.481 e. The van der Waals surface area contributed by atoms with Gasteiger partial charge in [0.2, 0.25) is 0 Å². The second-order valence-electron chi connectivity index (χ2n) is 6.15. The lowest BCUT2D eigenvalue weighted by molar-refractivity contribution is -0.138. The van der Waals surface area contributed by atoms with Crippen molar-refractivity contribution in [3.8, 4) is 0 Å². The quantitative estimate of drug-likeness (QED) is 0.562. The second kappa shape index (κ2) is 10.4. The first-order chi connectivity index (χ1) is 10.6. The highest BCUT2D eigenvalue weighted by Gasteiger charge is 2.14. The van der Waals surface area contributed by atoms with E-state index in [0.29, 0.717) is 0 Å². The molecule has 2 unspecified atom stereocenters. The normalized spacial score (nSPS) is 13.8. The summed E-state index contributed by atoms with van der Waals surface area (Å²) in [5, 5.41) is 19.2. The van der Waals surface area contributed by atoms with Crippen molar-refractivity contribution >= 4 is 5.97 Å². The summed E-state index contributed by atoms with van der Waals surface area (Å²) in [5.41, 5.74) is 1.66. The summed E-state index contributed by atoms with van der Waals surface area (Å²) in [6.45, 7) is 3.89. The van der Waals surface area contributed by atoms with E-state index in [0.717, 1.165) is 24.0 Å². The minimum atomic E-state index is -0.823. The highest BCUT2D eigenvalue weighted by molar-refractivity contribution is 5.75. The fraction of sp³-hybridized carbons (Fsp3) is 0.632. The molecule has 1 aromatic rings. The Morgan fingerprint density at radius 3 is 2.00 bits per heavy atom. The SMILES string of the molecule is CCCCCCCCCC(O)c1ccc(C(C)C(=O)O)cc1. The van der Waals surface area contributed by atoms with Crippen LogP contribution in [0.4, 0.5) is 0 Å². The molecule has 0 amide bonds. The Balaban J connectivity index is 2.30. The van der Waals surface area contributed by atoms with Crippen LogP contribution in [0.5, 0.6) is 0 Å². The zero-order valence-electron chi connectivity index (χ0n) is 13.9. The van der Waals surface area contributed by atoms with Crippen molar-refractivity contribution in [3.05, 3.63) is 35.4 Å². The number of aliphatic hydroxyl groups excluding tert-OH is 1. The van der Waals surface area contributed by atoms with Crippen molar-refractivity contribution < 1.29 is 15.0 Å². The van der Waals surface area contributed by atoms with E-state index < -0.39 is 18.0 Å². The number of carbonyl (C=O) groups is 1. The van der Waals surface area contributed by atoms with Gasteiger partial charge in [0, 0.05) is 0 Å². The number of carboxylic acid groups (broad SMARTS) is 1. The molecular weight excluding hydrogens is 276 g/mol. The average Bonchev–Trinajstić information content (AvgIpc) is 2.53. The first-order valence-corrected chi connectivity index (χ1v) is 8.57. The van der Waals surface area contributed by atoms with Crippen LogP contribution in [0.1, 0.15) is 88.4 Å². The van der Waals surface area contributed by atoms with Gasteiger partial charge in [-0.15, -0.1) is 0 Å².